The summed E-state index contributed by atoms with van der Waals surface area (Å²) in [7, 11) is 1.65. The molecule has 0 saturated heterocycles. The summed E-state index contributed by atoms with van der Waals surface area (Å²) in [6.07, 6.45) is 0.915. The summed E-state index contributed by atoms with van der Waals surface area (Å²) >= 11 is 0. The van der Waals surface area contributed by atoms with Gasteiger partial charge < -0.3 is 15.4 Å². The predicted octanol–water partition coefficient (Wildman–Crippen LogP) is 1.06. The first-order chi connectivity index (χ1) is 9.63. The molecule has 1 aliphatic carbocycles. The van der Waals surface area contributed by atoms with Crippen LogP contribution in [0, 0.1) is 5.92 Å². The number of nitrogens with zero attached hydrogens (tertiary/aromatic N) is 1. The zero-order valence-corrected chi connectivity index (χ0v) is 12.7. The molecule has 1 amide bonds. The molecule has 0 radical (unpaired) electrons. The van der Waals surface area contributed by atoms with Gasteiger partial charge >= 0.3 is 0 Å². The number of amides is 1. The second-order valence-electron chi connectivity index (χ2n) is 5.37. The maximum atomic E-state index is 12.9. The molecule has 4 heteroatoms. The third kappa shape index (κ3) is 2.29. The summed E-state index contributed by atoms with van der Waals surface area (Å²) in [5.41, 5.74) is 4.75. The molecular weight excluding hydrogens is 252 g/mol. The van der Waals surface area contributed by atoms with Crippen molar-refractivity contribution in [3.63, 3.8) is 0 Å². The molecule has 0 aromatic heterocycles. The lowest BCUT2D eigenvalue weighted by Crippen LogP contribution is -2.53. The minimum absolute atomic E-state index is 0.251. The maximum absolute atomic E-state index is 12.9. The van der Waals surface area contributed by atoms with E-state index in [1.165, 1.54) is 0 Å². The Morgan fingerprint density at radius 3 is 2.35 bits per heavy atom. The lowest BCUT2D eigenvalue weighted by Gasteiger charge is -2.26. The molecule has 1 fully saturated rings. The molecule has 3 N–H and O–H groups in total. The van der Waals surface area contributed by atoms with Crippen LogP contribution in [0.3, 0.4) is 0 Å². The first-order valence-corrected chi connectivity index (χ1v) is 7.37. The fraction of sp³-hybridized carbons (Fsp3) is 0.562. The first-order valence-electron chi connectivity index (χ1n) is 7.37. The van der Waals surface area contributed by atoms with E-state index >= 15 is 0 Å². The summed E-state index contributed by atoms with van der Waals surface area (Å²) in [6.45, 7) is 6.39. The lowest BCUT2D eigenvalue weighted by atomic mass is 9.91. The Labute approximate surface area is 120 Å². The molecule has 110 valence electrons. The molecule has 2 atom stereocenters. The Morgan fingerprint density at radius 1 is 1.35 bits per heavy atom. The van der Waals surface area contributed by atoms with Crippen LogP contribution in [0.15, 0.2) is 24.3 Å². The highest BCUT2D eigenvalue weighted by atomic mass is 16.5. The van der Waals surface area contributed by atoms with Gasteiger partial charge in [-0.1, -0.05) is 12.1 Å². The number of methoxy groups -OCH3 is 1. The van der Waals surface area contributed by atoms with E-state index in [1.807, 2.05) is 43.0 Å². The predicted molar refractivity (Wildman–Crippen MR) is 78.5 cm³/mol. The third-order valence-electron chi connectivity index (χ3n) is 4.49. The summed E-state index contributed by atoms with van der Waals surface area (Å²) in [4.78, 5) is 14.8. The van der Waals surface area contributed by atoms with E-state index in [2.05, 4.69) is 5.73 Å². The van der Waals surface area contributed by atoms with Gasteiger partial charge in [0.1, 0.15) is 5.75 Å². The molecule has 4 nitrogen and oxygen atoms in total. The summed E-state index contributed by atoms with van der Waals surface area (Å²) < 4.78 is 5.20. The van der Waals surface area contributed by atoms with Crippen molar-refractivity contribution >= 4 is 5.91 Å². The van der Waals surface area contributed by atoms with Crippen molar-refractivity contribution in [1.29, 1.82) is 0 Å². The average Bonchev–Trinajstić information content (AvgIpc) is 3.24. The van der Waals surface area contributed by atoms with E-state index < -0.39 is 0 Å². The van der Waals surface area contributed by atoms with Crippen LogP contribution in [0.1, 0.15) is 25.8 Å². The molecular formula is C16H25N2O2+. The van der Waals surface area contributed by atoms with Gasteiger partial charge in [0.15, 0.2) is 0 Å². The zero-order valence-electron chi connectivity index (χ0n) is 12.7. The molecule has 1 aromatic rings. The molecule has 0 heterocycles. The van der Waals surface area contributed by atoms with Gasteiger partial charge in [-0.2, -0.15) is 0 Å². The largest absolute Gasteiger partial charge is 0.497 e. The van der Waals surface area contributed by atoms with Gasteiger partial charge in [-0.3, -0.25) is 4.79 Å². The fourth-order valence-electron chi connectivity index (χ4n) is 3.10. The molecule has 0 aliphatic heterocycles. The Kier molecular flexibility index (Phi) is 4.33. The first kappa shape index (κ1) is 14.9. The van der Waals surface area contributed by atoms with E-state index in [1.54, 1.807) is 7.11 Å². The van der Waals surface area contributed by atoms with Crippen molar-refractivity contribution in [3.05, 3.63) is 29.8 Å². The van der Waals surface area contributed by atoms with Crippen molar-refractivity contribution in [2.75, 3.05) is 26.7 Å². The Bertz CT molecular complexity index is 468. The fourth-order valence-corrected chi connectivity index (χ4v) is 3.10. The van der Waals surface area contributed by atoms with E-state index in [9.17, 15) is 4.79 Å². The number of carbonyl (C=O) groups excluding carboxylic acids is 1. The van der Waals surface area contributed by atoms with Crippen molar-refractivity contribution in [1.82, 2.24) is 4.90 Å². The number of likely N-dealkylation sites (N-methyl/N-ethyl adjacent to an activating group) is 1. The van der Waals surface area contributed by atoms with Gasteiger partial charge in [-0.15, -0.1) is 0 Å². The standard InChI is InChI=1S/C16H24N2O2/c1-4-18(5-2)15(19)16(10-13(16)11-17)12-6-8-14(20-3)9-7-12/h6-9,13H,4-5,10-11,17H2,1-3H3/p+1/t13-,16+/m0/s1. The number of ether oxygens (including phenoxy) is 1. The highest BCUT2D eigenvalue weighted by Gasteiger charge is 2.62. The van der Waals surface area contributed by atoms with Crippen molar-refractivity contribution in [2.45, 2.75) is 25.7 Å². The van der Waals surface area contributed by atoms with Crippen LogP contribution >= 0.6 is 0 Å². The molecule has 2 rings (SSSR count). The number of hydrogen-bond donors (Lipinski definition) is 1. The Balaban J connectivity index is 2.32. The van der Waals surface area contributed by atoms with Gasteiger partial charge in [-0.05, 0) is 38.0 Å². The van der Waals surface area contributed by atoms with Gasteiger partial charge in [0.2, 0.25) is 5.91 Å². The number of rotatable bonds is 6. The minimum atomic E-state index is -0.347. The SMILES string of the molecule is CCN(CC)C(=O)[C@@]1(c2ccc(OC)cc2)C[C@H]1C[NH3+]. The number of quaternary nitrogens is 1. The van der Waals surface area contributed by atoms with Gasteiger partial charge in [-0.25, -0.2) is 0 Å². The molecule has 1 aromatic carbocycles. The molecule has 1 aliphatic rings. The number of hydrogen-bond acceptors (Lipinski definition) is 2. The smallest absolute Gasteiger partial charge is 0.233 e. The molecule has 0 bridgehead atoms. The van der Waals surface area contributed by atoms with Crippen molar-refractivity contribution < 1.29 is 15.3 Å². The van der Waals surface area contributed by atoms with Crippen LogP contribution in [-0.4, -0.2) is 37.6 Å². The average molecular weight is 277 g/mol. The summed E-state index contributed by atoms with van der Waals surface area (Å²) in [5, 5.41) is 0. The minimum Gasteiger partial charge on any atom is -0.497 e. The van der Waals surface area contributed by atoms with Crippen LogP contribution in [0.5, 0.6) is 5.75 Å². The van der Waals surface area contributed by atoms with Crippen LogP contribution < -0.4 is 10.5 Å². The Morgan fingerprint density at radius 2 is 1.95 bits per heavy atom. The zero-order chi connectivity index (χ0) is 14.8. The maximum Gasteiger partial charge on any atom is 0.233 e. The molecule has 1 saturated carbocycles. The summed E-state index contributed by atoms with van der Waals surface area (Å²) in [5.74, 6) is 1.44. The van der Waals surface area contributed by atoms with Crippen LogP contribution in [0.25, 0.3) is 0 Å². The van der Waals surface area contributed by atoms with E-state index in [-0.39, 0.29) is 11.3 Å². The molecule has 20 heavy (non-hydrogen) atoms. The van der Waals surface area contributed by atoms with E-state index in [0.717, 1.165) is 37.4 Å². The summed E-state index contributed by atoms with van der Waals surface area (Å²) in [6, 6.07) is 7.92. The lowest BCUT2D eigenvalue weighted by molar-refractivity contribution is -0.373. The van der Waals surface area contributed by atoms with Gasteiger partial charge in [0.25, 0.3) is 0 Å². The van der Waals surface area contributed by atoms with Gasteiger partial charge in [0, 0.05) is 19.0 Å². The normalized spacial score (nSPS) is 24.3. The molecule has 0 unspecified atom stereocenters. The van der Waals surface area contributed by atoms with Crippen LogP contribution in [0.4, 0.5) is 0 Å². The third-order valence-corrected chi connectivity index (χ3v) is 4.49. The topological polar surface area (TPSA) is 57.2 Å². The van der Waals surface area contributed by atoms with E-state index in [0.29, 0.717) is 5.92 Å². The van der Waals surface area contributed by atoms with Gasteiger partial charge in [0.05, 0.1) is 19.1 Å². The van der Waals surface area contributed by atoms with Crippen molar-refractivity contribution in [2.24, 2.45) is 5.92 Å². The van der Waals surface area contributed by atoms with Crippen LogP contribution in [-0.2, 0) is 10.2 Å². The number of benzene rings is 1. The molecule has 0 spiro atoms. The number of carbonyl (C=O) groups is 1. The van der Waals surface area contributed by atoms with Crippen LogP contribution in [0.2, 0.25) is 0 Å². The monoisotopic (exact) mass is 277 g/mol. The quantitative estimate of drug-likeness (QED) is 0.845. The second-order valence-corrected chi connectivity index (χ2v) is 5.37. The second kappa shape index (κ2) is 5.83. The highest BCUT2D eigenvalue weighted by molar-refractivity contribution is 5.92. The van der Waals surface area contributed by atoms with Crippen molar-refractivity contribution in [3.8, 4) is 5.75 Å². The Hall–Kier alpha value is -1.55. The van der Waals surface area contributed by atoms with E-state index in [4.69, 9.17) is 4.74 Å². The highest BCUT2D eigenvalue weighted by Crippen LogP contribution is 2.54.